The number of phenolic OH excluding ortho intramolecular Hbond substituents is 1. The molecule has 22 heavy (non-hydrogen) atoms. The molecule has 0 bridgehead atoms. The van der Waals surface area contributed by atoms with E-state index >= 15 is 0 Å². The third kappa shape index (κ3) is 4.23. The van der Waals surface area contributed by atoms with Gasteiger partial charge < -0.3 is 15.3 Å². The highest BCUT2D eigenvalue weighted by atomic mass is 16.3. The van der Waals surface area contributed by atoms with Crippen LogP contribution >= 0.6 is 0 Å². The number of carbonyl (C=O) groups excluding carboxylic acids is 1. The van der Waals surface area contributed by atoms with Crippen molar-refractivity contribution in [2.75, 3.05) is 20.1 Å². The van der Waals surface area contributed by atoms with Gasteiger partial charge in [-0.2, -0.15) is 0 Å². The van der Waals surface area contributed by atoms with Crippen LogP contribution in [0.2, 0.25) is 0 Å². The highest BCUT2D eigenvalue weighted by Gasteiger charge is 2.25. The van der Waals surface area contributed by atoms with Gasteiger partial charge in [0.15, 0.2) is 0 Å². The van der Waals surface area contributed by atoms with Gasteiger partial charge in [-0.05, 0) is 62.4 Å². The summed E-state index contributed by atoms with van der Waals surface area (Å²) in [7, 11) is 1.69. The van der Waals surface area contributed by atoms with Gasteiger partial charge in [-0.25, -0.2) is 0 Å². The van der Waals surface area contributed by atoms with E-state index in [0.29, 0.717) is 18.2 Å². The van der Waals surface area contributed by atoms with Gasteiger partial charge in [0.1, 0.15) is 5.75 Å². The van der Waals surface area contributed by atoms with E-state index in [1.807, 2.05) is 6.07 Å². The molecular weight excluding hydrogens is 276 g/mol. The van der Waals surface area contributed by atoms with Crippen LogP contribution in [0.4, 0.5) is 0 Å². The maximum absolute atomic E-state index is 11.4. The quantitative estimate of drug-likeness (QED) is 0.814. The highest BCUT2D eigenvalue weighted by molar-refractivity contribution is 5.75. The van der Waals surface area contributed by atoms with E-state index in [0.717, 1.165) is 50.8 Å². The first-order valence-corrected chi connectivity index (χ1v) is 8.40. The lowest BCUT2D eigenvalue weighted by atomic mass is 9.86. The molecule has 1 aliphatic carbocycles. The Kier molecular flexibility index (Phi) is 6.25. The Hall–Kier alpha value is -1.55. The molecule has 0 aliphatic heterocycles. The average molecular weight is 304 g/mol. The molecule has 0 heterocycles. The van der Waals surface area contributed by atoms with E-state index in [-0.39, 0.29) is 5.91 Å². The average Bonchev–Trinajstić information content (AvgIpc) is 2.53. The first kappa shape index (κ1) is 16.8. The van der Waals surface area contributed by atoms with Crippen molar-refractivity contribution < 1.29 is 9.90 Å². The Morgan fingerprint density at radius 3 is 2.95 bits per heavy atom. The van der Waals surface area contributed by atoms with Crippen LogP contribution in [-0.2, 0) is 17.6 Å². The van der Waals surface area contributed by atoms with Crippen LogP contribution in [0.5, 0.6) is 5.75 Å². The van der Waals surface area contributed by atoms with Gasteiger partial charge in [-0.15, -0.1) is 0 Å². The first-order valence-electron chi connectivity index (χ1n) is 8.40. The number of hydrogen-bond acceptors (Lipinski definition) is 3. The van der Waals surface area contributed by atoms with Gasteiger partial charge >= 0.3 is 0 Å². The smallest absolute Gasteiger partial charge is 0.219 e. The summed E-state index contributed by atoms with van der Waals surface area (Å²) >= 11 is 0. The van der Waals surface area contributed by atoms with Crippen molar-refractivity contribution in [2.45, 2.75) is 51.5 Å². The minimum absolute atomic E-state index is 0.121. The molecule has 0 aromatic heterocycles. The molecule has 122 valence electrons. The van der Waals surface area contributed by atoms with Crippen LogP contribution in [-0.4, -0.2) is 42.1 Å². The topological polar surface area (TPSA) is 52.6 Å². The molecule has 0 saturated heterocycles. The summed E-state index contributed by atoms with van der Waals surface area (Å²) in [4.78, 5) is 13.9. The van der Waals surface area contributed by atoms with Crippen LogP contribution in [0.15, 0.2) is 18.2 Å². The molecule has 0 radical (unpaired) electrons. The minimum atomic E-state index is 0.121. The number of amides is 1. The molecule has 1 amide bonds. The van der Waals surface area contributed by atoms with Crippen LogP contribution in [0.25, 0.3) is 0 Å². The normalized spacial score (nSPS) is 17.3. The van der Waals surface area contributed by atoms with Crippen LogP contribution < -0.4 is 5.32 Å². The standard InChI is InChI=1S/C18H28N2O2/c1-3-11-20(12-5-8-18(22)19-2)15-9-10-16-14(13-15)6-4-7-17(16)21/h4,6-7,15,21H,3,5,8-13H2,1-2H3,(H,19,22). The number of aromatic hydroxyl groups is 1. The van der Waals surface area contributed by atoms with Crippen molar-refractivity contribution in [2.24, 2.45) is 0 Å². The molecule has 1 atom stereocenters. The maximum atomic E-state index is 11.4. The predicted octanol–water partition coefficient (Wildman–Crippen LogP) is 2.49. The number of nitrogens with one attached hydrogen (secondary N) is 1. The molecule has 1 unspecified atom stereocenters. The lowest BCUT2D eigenvalue weighted by Gasteiger charge is -2.35. The van der Waals surface area contributed by atoms with Crippen molar-refractivity contribution in [1.82, 2.24) is 10.2 Å². The van der Waals surface area contributed by atoms with Gasteiger partial charge in [0.05, 0.1) is 0 Å². The Morgan fingerprint density at radius 1 is 1.41 bits per heavy atom. The summed E-state index contributed by atoms with van der Waals surface area (Å²) in [6.07, 6.45) is 5.67. The Morgan fingerprint density at radius 2 is 2.23 bits per heavy atom. The van der Waals surface area contributed by atoms with Crippen LogP contribution in [0.3, 0.4) is 0 Å². The summed E-state index contributed by atoms with van der Waals surface area (Å²) in [6.45, 7) is 4.25. The largest absolute Gasteiger partial charge is 0.508 e. The lowest BCUT2D eigenvalue weighted by molar-refractivity contribution is -0.120. The maximum Gasteiger partial charge on any atom is 0.219 e. The van der Waals surface area contributed by atoms with Gasteiger partial charge in [0, 0.05) is 19.5 Å². The number of rotatable bonds is 7. The predicted molar refractivity (Wildman–Crippen MR) is 89.1 cm³/mol. The molecule has 1 aliphatic rings. The molecule has 1 aromatic carbocycles. The minimum Gasteiger partial charge on any atom is -0.508 e. The Balaban J connectivity index is 1.96. The molecule has 2 rings (SSSR count). The zero-order valence-corrected chi connectivity index (χ0v) is 13.8. The van der Waals surface area contributed by atoms with Gasteiger partial charge in [0.25, 0.3) is 0 Å². The van der Waals surface area contributed by atoms with E-state index in [1.54, 1.807) is 13.1 Å². The van der Waals surface area contributed by atoms with E-state index in [2.05, 4.69) is 23.2 Å². The second-order valence-electron chi connectivity index (χ2n) is 6.12. The third-order valence-electron chi connectivity index (χ3n) is 4.59. The van der Waals surface area contributed by atoms with Crippen molar-refractivity contribution in [3.05, 3.63) is 29.3 Å². The summed E-state index contributed by atoms with van der Waals surface area (Å²) in [5.74, 6) is 0.563. The molecule has 2 N–H and O–H groups in total. The summed E-state index contributed by atoms with van der Waals surface area (Å²) in [6, 6.07) is 6.38. The Bertz CT molecular complexity index is 502. The van der Waals surface area contributed by atoms with Crippen molar-refractivity contribution >= 4 is 5.91 Å². The SMILES string of the molecule is CCCN(CCCC(=O)NC)C1CCc2c(O)cccc2C1. The second kappa shape index (κ2) is 8.18. The fourth-order valence-electron chi connectivity index (χ4n) is 3.41. The number of benzene rings is 1. The van der Waals surface area contributed by atoms with Gasteiger partial charge in [-0.3, -0.25) is 4.79 Å². The fraction of sp³-hybridized carbons (Fsp3) is 0.611. The first-order chi connectivity index (χ1) is 10.7. The number of nitrogens with zero attached hydrogens (tertiary/aromatic N) is 1. The molecule has 0 fully saturated rings. The molecule has 1 aromatic rings. The summed E-state index contributed by atoms with van der Waals surface area (Å²) in [5, 5.41) is 12.6. The Labute approximate surface area is 133 Å². The zero-order chi connectivity index (χ0) is 15.9. The molecule has 4 nitrogen and oxygen atoms in total. The fourth-order valence-corrected chi connectivity index (χ4v) is 3.41. The monoisotopic (exact) mass is 304 g/mol. The van der Waals surface area contributed by atoms with E-state index in [4.69, 9.17) is 0 Å². The van der Waals surface area contributed by atoms with E-state index in [9.17, 15) is 9.90 Å². The number of phenols is 1. The summed E-state index contributed by atoms with van der Waals surface area (Å²) < 4.78 is 0. The van der Waals surface area contributed by atoms with Crippen LogP contribution in [0, 0.1) is 0 Å². The molecule has 4 heteroatoms. The van der Waals surface area contributed by atoms with Crippen molar-refractivity contribution in [1.29, 1.82) is 0 Å². The number of carbonyl (C=O) groups is 1. The molecule has 0 spiro atoms. The summed E-state index contributed by atoms with van der Waals surface area (Å²) in [5.41, 5.74) is 2.41. The van der Waals surface area contributed by atoms with Crippen molar-refractivity contribution in [3.8, 4) is 5.75 Å². The van der Waals surface area contributed by atoms with E-state index in [1.165, 1.54) is 5.56 Å². The second-order valence-corrected chi connectivity index (χ2v) is 6.12. The van der Waals surface area contributed by atoms with E-state index < -0.39 is 0 Å². The zero-order valence-electron chi connectivity index (χ0n) is 13.8. The van der Waals surface area contributed by atoms with Crippen LogP contribution in [0.1, 0.15) is 43.7 Å². The van der Waals surface area contributed by atoms with Gasteiger partial charge in [-0.1, -0.05) is 19.1 Å². The third-order valence-corrected chi connectivity index (χ3v) is 4.59. The molecule has 0 saturated carbocycles. The number of fused-ring (bicyclic) bond motifs is 1. The van der Waals surface area contributed by atoms with Gasteiger partial charge in [0.2, 0.25) is 5.91 Å². The molecular formula is C18H28N2O2. The highest BCUT2D eigenvalue weighted by Crippen LogP contribution is 2.30. The number of hydrogen-bond donors (Lipinski definition) is 2. The lowest BCUT2D eigenvalue weighted by Crippen LogP contribution is -2.40. The van der Waals surface area contributed by atoms with Crippen molar-refractivity contribution in [3.63, 3.8) is 0 Å².